The van der Waals surface area contributed by atoms with Crippen molar-refractivity contribution in [1.29, 1.82) is 0 Å². The van der Waals surface area contributed by atoms with E-state index in [0.29, 0.717) is 15.8 Å². The summed E-state index contributed by atoms with van der Waals surface area (Å²) in [6.07, 6.45) is 1.53. The molecule has 0 radical (unpaired) electrons. The number of methoxy groups -OCH3 is 1. The number of hydrogen-bond acceptors (Lipinski definition) is 5. The Morgan fingerprint density at radius 2 is 2.24 bits per heavy atom. The molecule has 0 unspecified atom stereocenters. The molecule has 0 amide bonds. The van der Waals surface area contributed by atoms with Crippen LogP contribution in [0.4, 0.5) is 5.88 Å². The van der Waals surface area contributed by atoms with Gasteiger partial charge in [-0.3, -0.25) is 0 Å². The van der Waals surface area contributed by atoms with Gasteiger partial charge in [-0.05, 0) is 34.5 Å². The minimum atomic E-state index is 0.0654. The summed E-state index contributed by atoms with van der Waals surface area (Å²) in [4.78, 5) is 0. The smallest absolute Gasteiger partial charge is 0.230 e. The molecule has 0 atom stereocenters. The molecule has 0 saturated carbocycles. The largest absolute Gasteiger partial charge is 0.504 e. The van der Waals surface area contributed by atoms with Crippen LogP contribution in [0.15, 0.2) is 21.3 Å². The Kier molecular flexibility index (Phi) is 2.97. The number of hydrogen-bond donors (Lipinski definition) is 2. The van der Waals surface area contributed by atoms with Crippen LogP contribution in [0, 0.1) is 6.92 Å². The second kappa shape index (κ2) is 4.29. The number of anilines is 1. The topological polar surface area (TPSA) is 81.5 Å². The summed E-state index contributed by atoms with van der Waals surface area (Å²) in [6, 6.07) is 1.60. The molecule has 3 N–H and O–H groups in total. The third-order valence-corrected chi connectivity index (χ3v) is 3.23. The van der Waals surface area contributed by atoms with E-state index in [-0.39, 0.29) is 11.6 Å². The quantitative estimate of drug-likeness (QED) is 0.891. The Hall–Kier alpha value is -1.69. The number of aromatic hydroxyl groups is 1. The summed E-state index contributed by atoms with van der Waals surface area (Å²) in [5, 5.41) is 13.4. The number of rotatable bonds is 2. The molecule has 0 spiro atoms. The van der Waals surface area contributed by atoms with Gasteiger partial charge in [-0.15, -0.1) is 0 Å². The monoisotopic (exact) mass is 298 g/mol. The highest BCUT2D eigenvalue weighted by Gasteiger charge is 2.19. The predicted molar refractivity (Wildman–Crippen MR) is 67.0 cm³/mol. The molecule has 6 heteroatoms. The molecule has 0 fully saturated rings. The number of phenolic OH excluding ortho intramolecular Hbond substituents is 1. The lowest BCUT2D eigenvalue weighted by Gasteiger charge is -2.12. The number of aryl methyl sites for hydroxylation is 1. The highest BCUT2D eigenvalue weighted by molar-refractivity contribution is 9.10. The summed E-state index contributed by atoms with van der Waals surface area (Å²) < 4.78 is 10.6. The van der Waals surface area contributed by atoms with Gasteiger partial charge in [0.15, 0.2) is 11.5 Å². The van der Waals surface area contributed by atoms with Crippen LogP contribution >= 0.6 is 15.9 Å². The van der Waals surface area contributed by atoms with E-state index in [9.17, 15) is 5.11 Å². The van der Waals surface area contributed by atoms with Crippen LogP contribution in [0.25, 0.3) is 11.1 Å². The number of nitrogen functional groups attached to an aromatic ring is 1. The summed E-state index contributed by atoms with van der Waals surface area (Å²) in [6.45, 7) is 1.85. The first-order valence-electron chi connectivity index (χ1n) is 4.82. The van der Waals surface area contributed by atoms with Crippen LogP contribution in [0.2, 0.25) is 0 Å². The highest BCUT2D eigenvalue weighted by atomic mass is 79.9. The molecular weight excluding hydrogens is 288 g/mol. The van der Waals surface area contributed by atoms with Crippen molar-refractivity contribution in [2.75, 3.05) is 12.8 Å². The minimum absolute atomic E-state index is 0.0654. The molecular formula is C11H11BrN2O3. The van der Waals surface area contributed by atoms with E-state index in [1.54, 1.807) is 6.07 Å². The van der Waals surface area contributed by atoms with Crippen molar-refractivity contribution in [3.8, 4) is 22.6 Å². The van der Waals surface area contributed by atoms with Crippen LogP contribution in [0.5, 0.6) is 11.5 Å². The van der Waals surface area contributed by atoms with Crippen LogP contribution < -0.4 is 10.5 Å². The number of ether oxygens (including phenoxy) is 1. The lowest BCUT2D eigenvalue weighted by Crippen LogP contribution is -1.93. The van der Waals surface area contributed by atoms with Gasteiger partial charge >= 0.3 is 0 Å². The fourth-order valence-corrected chi connectivity index (χ4v) is 2.59. The molecule has 2 aromatic rings. The molecule has 17 heavy (non-hydrogen) atoms. The van der Waals surface area contributed by atoms with Gasteiger partial charge in [-0.1, -0.05) is 5.16 Å². The van der Waals surface area contributed by atoms with E-state index < -0.39 is 0 Å². The van der Waals surface area contributed by atoms with Crippen LogP contribution in [0.1, 0.15) is 5.56 Å². The number of benzene rings is 1. The van der Waals surface area contributed by atoms with E-state index in [1.807, 2.05) is 6.92 Å². The van der Waals surface area contributed by atoms with Crippen molar-refractivity contribution in [1.82, 2.24) is 5.16 Å². The Balaban J connectivity index is 2.74. The maximum Gasteiger partial charge on any atom is 0.230 e. The number of halogens is 1. The Labute approximate surface area is 106 Å². The lowest BCUT2D eigenvalue weighted by molar-refractivity contribution is 0.371. The third kappa shape index (κ3) is 1.84. The molecule has 2 rings (SSSR count). The maximum atomic E-state index is 9.74. The van der Waals surface area contributed by atoms with E-state index in [4.69, 9.17) is 15.0 Å². The van der Waals surface area contributed by atoms with Crippen molar-refractivity contribution in [2.45, 2.75) is 6.92 Å². The normalized spacial score (nSPS) is 10.5. The minimum Gasteiger partial charge on any atom is -0.504 e. The number of aromatic nitrogens is 1. The van der Waals surface area contributed by atoms with Gasteiger partial charge in [-0.2, -0.15) is 0 Å². The summed E-state index contributed by atoms with van der Waals surface area (Å²) in [7, 11) is 1.48. The van der Waals surface area contributed by atoms with Gasteiger partial charge in [-0.25, -0.2) is 0 Å². The average Bonchev–Trinajstić information content (AvgIpc) is 2.65. The molecule has 1 aromatic heterocycles. The fourth-order valence-electron chi connectivity index (χ4n) is 1.70. The average molecular weight is 299 g/mol. The zero-order valence-electron chi connectivity index (χ0n) is 9.32. The Morgan fingerprint density at radius 1 is 1.53 bits per heavy atom. The van der Waals surface area contributed by atoms with Crippen molar-refractivity contribution in [3.05, 3.63) is 22.3 Å². The van der Waals surface area contributed by atoms with Crippen LogP contribution in [-0.4, -0.2) is 17.4 Å². The third-order valence-electron chi connectivity index (χ3n) is 2.47. The molecule has 1 heterocycles. The fraction of sp³-hybridized carbons (Fsp3) is 0.182. The van der Waals surface area contributed by atoms with E-state index in [1.165, 1.54) is 13.3 Å². The molecule has 0 saturated heterocycles. The Morgan fingerprint density at radius 3 is 2.76 bits per heavy atom. The predicted octanol–water partition coefficient (Wildman–Crippen LogP) is 2.71. The first-order valence-corrected chi connectivity index (χ1v) is 5.62. The van der Waals surface area contributed by atoms with Gasteiger partial charge in [0.2, 0.25) is 5.88 Å². The lowest BCUT2D eigenvalue weighted by atomic mass is 10.0. The number of nitrogens with zero attached hydrogens (tertiary/aromatic N) is 1. The van der Waals surface area contributed by atoms with E-state index in [2.05, 4.69) is 21.1 Å². The van der Waals surface area contributed by atoms with Gasteiger partial charge in [0.1, 0.15) is 0 Å². The first kappa shape index (κ1) is 11.8. The van der Waals surface area contributed by atoms with Crippen molar-refractivity contribution in [3.63, 3.8) is 0 Å². The zero-order valence-corrected chi connectivity index (χ0v) is 10.9. The molecule has 0 aliphatic heterocycles. The summed E-state index contributed by atoms with van der Waals surface area (Å²) in [5.41, 5.74) is 7.97. The molecule has 0 aliphatic carbocycles. The molecule has 5 nitrogen and oxygen atoms in total. The highest BCUT2D eigenvalue weighted by Crippen LogP contribution is 2.44. The number of nitrogens with two attached hydrogens (primary N) is 1. The maximum absolute atomic E-state index is 9.74. The van der Waals surface area contributed by atoms with Crippen molar-refractivity contribution < 1.29 is 14.4 Å². The SMILES string of the molecule is COc1c(O)cc(C)c(-c2cnoc2N)c1Br. The van der Waals surface area contributed by atoms with Gasteiger partial charge in [0.05, 0.1) is 23.3 Å². The second-order valence-electron chi connectivity index (χ2n) is 3.54. The van der Waals surface area contributed by atoms with Gasteiger partial charge in [0.25, 0.3) is 0 Å². The Bertz CT molecular complexity index is 566. The van der Waals surface area contributed by atoms with Crippen LogP contribution in [-0.2, 0) is 0 Å². The van der Waals surface area contributed by atoms with Gasteiger partial charge < -0.3 is 20.1 Å². The van der Waals surface area contributed by atoms with Crippen molar-refractivity contribution in [2.24, 2.45) is 0 Å². The molecule has 0 aliphatic rings. The summed E-state index contributed by atoms with van der Waals surface area (Å²) >= 11 is 3.39. The second-order valence-corrected chi connectivity index (χ2v) is 4.33. The van der Waals surface area contributed by atoms with E-state index in [0.717, 1.165) is 11.1 Å². The molecule has 90 valence electrons. The summed E-state index contributed by atoms with van der Waals surface area (Å²) in [5.74, 6) is 0.642. The zero-order chi connectivity index (χ0) is 12.6. The first-order chi connectivity index (χ1) is 8.06. The van der Waals surface area contributed by atoms with Crippen molar-refractivity contribution >= 4 is 21.8 Å². The molecule has 1 aromatic carbocycles. The van der Waals surface area contributed by atoms with Crippen LogP contribution in [0.3, 0.4) is 0 Å². The molecule has 0 bridgehead atoms. The standard InChI is InChI=1S/C11H11BrN2O3/c1-5-3-7(15)10(16-2)9(12)8(5)6-4-14-17-11(6)13/h3-4,15H,13H2,1-2H3. The van der Waals surface area contributed by atoms with E-state index >= 15 is 0 Å². The van der Waals surface area contributed by atoms with Gasteiger partial charge in [0, 0.05) is 5.56 Å². The number of phenols is 1.